The SMILES string of the molecule is COC(=O)Cc1c(Cl)[nH]c(C=c2c(=O)[nH][nH]c2=C2N=CC=N2)c1C(=O)OC. The molecule has 0 saturated heterocycles. The lowest BCUT2D eigenvalue weighted by molar-refractivity contribution is -0.139. The number of hydrogen-bond acceptors (Lipinski definition) is 7. The second kappa shape index (κ2) is 7.46. The highest BCUT2D eigenvalue weighted by atomic mass is 35.5. The summed E-state index contributed by atoms with van der Waals surface area (Å²) in [5.74, 6) is -1.01. The smallest absolute Gasteiger partial charge is 0.340 e. The largest absolute Gasteiger partial charge is 0.469 e. The third-order valence-corrected chi connectivity index (χ3v) is 4.13. The van der Waals surface area contributed by atoms with Crippen LogP contribution in [-0.2, 0) is 20.7 Å². The molecule has 2 aromatic rings. The lowest BCUT2D eigenvalue weighted by Gasteiger charge is -2.03. The average molecular weight is 392 g/mol. The average Bonchev–Trinajstić information content (AvgIpc) is 3.36. The normalized spacial score (nSPS) is 13.4. The quantitative estimate of drug-likeness (QED) is 0.587. The highest BCUT2D eigenvalue weighted by molar-refractivity contribution is 6.31. The van der Waals surface area contributed by atoms with Crippen LogP contribution < -0.4 is 16.1 Å². The fraction of sp³-hybridized carbons (Fsp3) is 0.188. The maximum atomic E-state index is 12.3. The third-order valence-electron chi connectivity index (χ3n) is 3.81. The van der Waals surface area contributed by atoms with Gasteiger partial charge in [0, 0.05) is 18.0 Å². The van der Waals surface area contributed by atoms with Gasteiger partial charge in [-0.2, -0.15) is 0 Å². The van der Waals surface area contributed by atoms with Crippen molar-refractivity contribution in [1.82, 2.24) is 15.2 Å². The topological polar surface area (TPSA) is 142 Å². The van der Waals surface area contributed by atoms with Crippen molar-refractivity contribution in [2.24, 2.45) is 9.98 Å². The molecule has 0 atom stereocenters. The molecule has 0 spiro atoms. The van der Waals surface area contributed by atoms with Crippen LogP contribution in [0.5, 0.6) is 0 Å². The number of esters is 2. The van der Waals surface area contributed by atoms with Gasteiger partial charge >= 0.3 is 11.9 Å². The molecule has 1 aliphatic heterocycles. The van der Waals surface area contributed by atoms with Gasteiger partial charge in [-0.25, -0.2) is 14.8 Å². The van der Waals surface area contributed by atoms with E-state index in [1.807, 2.05) is 0 Å². The molecule has 27 heavy (non-hydrogen) atoms. The fourth-order valence-electron chi connectivity index (χ4n) is 2.55. The number of hydrogen-bond donors (Lipinski definition) is 3. The number of carbonyl (C=O) groups is 2. The molecule has 3 heterocycles. The molecule has 0 unspecified atom stereocenters. The van der Waals surface area contributed by atoms with E-state index in [-0.39, 0.29) is 33.6 Å². The van der Waals surface area contributed by atoms with Crippen molar-refractivity contribution >= 4 is 47.9 Å². The number of methoxy groups -OCH3 is 2. The Bertz CT molecular complexity index is 1140. The van der Waals surface area contributed by atoms with Gasteiger partial charge < -0.3 is 14.5 Å². The Balaban J connectivity index is 2.27. The summed E-state index contributed by atoms with van der Waals surface area (Å²) < 4.78 is 9.42. The second-order valence-corrected chi connectivity index (χ2v) is 5.72. The Kier molecular flexibility index (Phi) is 5.08. The Morgan fingerprint density at radius 2 is 1.89 bits per heavy atom. The van der Waals surface area contributed by atoms with Crippen LogP contribution in [0.4, 0.5) is 0 Å². The standard InChI is InChI=1S/C16H14ClN5O5/c1-26-10(23)6-7-11(16(25)27-2)9(20-13(7)17)5-8-12(21-22-15(8)24)14-18-3-4-19-14/h3-5,20-21H,6H2,1-2H3,(H,22,24). The van der Waals surface area contributed by atoms with Crippen molar-refractivity contribution in [3.8, 4) is 0 Å². The van der Waals surface area contributed by atoms with Crippen LogP contribution in [0.1, 0.15) is 21.6 Å². The number of aromatic amines is 3. The van der Waals surface area contributed by atoms with E-state index in [2.05, 4.69) is 29.9 Å². The van der Waals surface area contributed by atoms with Crippen molar-refractivity contribution in [2.45, 2.75) is 6.42 Å². The van der Waals surface area contributed by atoms with Crippen molar-refractivity contribution in [3.63, 3.8) is 0 Å². The fourth-order valence-corrected chi connectivity index (χ4v) is 2.81. The number of carbonyl (C=O) groups excluding carboxylic acids is 2. The Labute approximate surface area is 156 Å². The first kappa shape index (κ1) is 18.4. The van der Waals surface area contributed by atoms with Gasteiger partial charge in [-0.05, 0) is 6.08 Å². The minimum atomic E-state index is -0.721. The molecular weight excluding hydrogens is 378 g/mol. The number of nitrogens with one attached hydrogen (secondary N) is 3. The van der Waals surface area contributed by atoms with Crippen molar-refractivity contribution < 1.29 is 19.1 Å². The number of nitrogens with zero attached hydrogens (tertiary/aromatic N) is 2. The Hall–Kier alpha value is -3.40. The van der Waals surface area contributed by atoms with E-state index in [4.69, 9.17) is 16.3 Å². The van der Waals surface area contributed by atoms with E-state index in [0.29, 0.717) is 11.2 Å². The summed E-state index contributed by atoms with van der Waals surface area (Å²) in [6.07, 6.45) is 4.11. The molecule has 0 fully saturated rings. The molecule has 1 aliphatic rings. The number of halogens is 1. The van der Waals surface area contributed by atoms with Gasteiger partial charge in [-0.15, -0.1) is 0 Å². The highest BCUT2D eigenvalue weighted by Crippen LogP contribution is 2.25. The molecule has 3 rings (SSSR count). The lowest BCUT2D eigenvalue weighted by atomic mass is 10.1. The summed E-state index contributed by atoms with van der Waals surface area (Å²) in [6, 6.07) is 0. The van der Waals surface area contributed by atoms with Crippen LogP contribution >= 0.6 is 11.6 Å². The third kappa shape index (κ3) is 3.47. The Morgan fingerprint density at radius 1 is 1.19 bits per heavy atom. The van der Waals surface area contributed by atoms with Crippen LogP contribution in [0.2, 0.25) is 5.15 Å². The minimum Gasteiger partial charge on any atom is -0.469 e. The summed E-state index contributed by atoms with van der Waals surface area (Å²) in [4.78, 5) is 47.0. The zero-order valence-corrected chi connectivity index (χ0v) is 15.0. The van der Waals surface area contributed by atoms with Gasteiger partial charge in [-0.3, -0.25) is 19.8 Å². The van der Waals surface area contributed by atoms with Gasteiger partial charge in [-0.1, -0.05) is 11.6 Å². The van der Waals surface area contributed by atoms with E-state index in [1.165, 1.54) is 32.7 Å². The lowest BCUT2D eigenvalue weighted by Crippen LogP contribution is -2.34. The van der Waals surface area contributed by atoms with Crippen LogP contribution in [0.15, 0.2) is 14.8 Å². The van der Waals surface area contributed by atoms with E-state index < -0.39 is 17.5 Å². The summed E-state index contributed by atoms with van der Waals surface area (Å²) in [7, 11) is 2.42. The maximum Gasteiger partial charge on any atom is 0.340 e. The molecule has 0 aliphatic carbocycles. The van der Waals surface area contributed by atoms with E-state index in [1.54, 1.807) is 0 Å². The molecule has 0 saturated carbocycles. The number of aromatic nitrogens is 3. The van der Waals surface area contributed by atoms with Gasteiger partial charge in [0.1, 0.15) is 10.5 Å². The summed E-state index contributed by atoms with van der Waals surface area (Å²) in [5, 5.41) is 5.70. The molecule has 140 valence electrons. The molecule has 0 aromatic carbocycles. The second-order valence-electron chi connectivity index (χ2n) is 5.34. The van der Waals surface area contributed by atoms with Crippen molar-refractivity contribution in [1.29, 1.82) is 0 Å². The molecule has 3 N–H and O–H groups in total. The first-order valence-corrected chi connectivity index (χ1v) is 7.99. The molecule has 2 aromatic heterocycles. The van der Waals surface area contributed by atoms with Crippen LogP contribution in [0, 0.1) is 0 Å². The number of ether oxygens (including phenoxy) is 2. The first-order chi connectivity index (χ1) is 13.0. The summed E-state index contributed by atoms with van der Waals surface area (Å²) in [5.41, 5.74) is -0.0166. The van der Waals surface area contributed by atoms with Crippen LogP contribution in [0.3, 0.4) is 0 Å². The van der Waals surface area contributed by atoms with E-state index in [9.17, 15) is 14.4 Å². The monoisotopic (exact) mass is 391 g/mol. The van der Waals surface area contributed by atoms with Crippen LogP contribution in [-0.4, -0.2) is 53.8 Å². The van der Waals surface area contributed by atoms with E-state index in [0.717, 1.165) is 0 Å². The van der Waals surface area contributed by atoms with Gasteiger partial charge in [0.25, 0.3) is 5.56 Å². The van der Waals surface area contributed by atoms with Crippen LogP contribution in [0.25, 0.3) is 11.9 Å². The van der Waals surface area contributed by atoms with E-state index >= 15 is 0 Å². The summed E-state index contributed by atoms with van der Waals surface area (Å²) >= 11 is 6.16. The number of H-pyrrole nitrogens is 3. The molecule has 11 heteroatoms. The van der Waals surface area contributed by atoms with Crippen molar-refractivity contribution in [3.05, 3.63) is 42.9 Å². The van der Waals surface area contributed by atoms with Gasteiger partial charge in [0.05, 0.1) is 37.1 Å². The van der Waals surface area contributed by atoms with Gasteiger partial charge in [0.2, 0.25) is 0 Å². The number of aliphatic imine (C=N–C) groups is 2. The maximum absolute atomic E-state index is 12.3. The molecule has 0 radical (unpaired) electrons. The molecule has 10 nitrogen and oxygen atoms in total. The summed E-state index contributed by atoms with van der Waals surface area (Å²) in [6.45, 7) is 0. The predicted octanol–water partition coefficient (Wildman–Crippen LogP) is -0.764. The molecular formula is C16H14ClN5O5. The van der Waals surface area contributed by atoms with Gasteiger partial charge in [0.15, 0.2) is 5.82 Å². The zero-order valence-electron chi connectivity index (χ0n) is 14.3. The zero-order chi connectivity index (χ0) is 19.6. The minimum absolute atomic E-state index is 0.0304. The molecule has 0 amide bonds. The number of rotatable bonds is 4. The van der Waals surface area contributed by atoms with Crippen molar-refractivity contribution in [2.75, 3.05) is 14.2 Å². The first-order valence-electron chi connectivity index (χ1n) is 7.61. The molecule has 0 bridgehead atoms. The highest BCUT2D eigenvalue weighted by Gasteiger charge is 2.24. The Morgan fingerprint density at radius 3 is 2.52 bits per heavy atom. The predicted molar refractivity (Wildman–Crippen MR) is 97.5 cm³/mol.